The zero-order valence-corrected chi connectivity index (χ0v) is 44.9. The lowest BCUT2D eigenvalue weighted by atomic mass is 9.91. The van der Waals surface area contributed by atoms with Crippen LogP contribution in [0.1, 0.15) is 129 Å². The standard InChI is InChI=1S/C52H87N9O16/c1-5-28(2)24-29(3)12-10-8-6-7-9-11-13-39(68)55-34-26-38(67)50(77-23-21-54)59-49(74)43-37(66)19-22-60(43)52(76)41(36(65)18-20-53)57-48(73)42(45(70)44(69)31-14-16-32(63)17-15-31)58-47(72)35-25-33(64)27-61(35)51(75)40(30(4)62)56-46(34)71/h14-17,28-30,33-38,40-45,50,62-67,69-70H,5-13,18-27,53-54H2,1-4H3,(H,55,68)(H,56,71)(H,57,73)(H,58,72)(H,59,74)/t28?,29?,30-,33+,34+,35-,36-,37-,38+,40-,41-,42-,43-,44-,45-,50+/m0/s1. The van der Waals surface area contributed by atoms with Crippen molar-refractivity contribution in [1.82, 2.24) is 36.4 Å². The minimum absolute atomic E-state index is 0.0414. The molecule has 7 amide bonds. The minimum atomic E-state index is -2.29. The third kappa shape index (κ3) is 18.8. The van der Waals surface area contributed by atoms with E-state index in [1.807, 2.05) is 0 Å². The molecule has 3 aliphatic rings. The third-order valence-electron chi connectivity index (χ3n) is 14.8. The van der Waals surface area contributed by atoms with E-state index >= 15 is 0 Å². The topological polar surface area (TPSA) is 409 Å². The molecule has 25 heteroatoms. The summed E-state index contributed by atoms with van der Waals surface area (Å²) in [5.41, 5.74) is 11.4. The van der Waals surface area contributed by atoms with Gasteiger partial charge in [0.2, 0.25) is 41.4 Å². The number of amides is 7. The second-order valence-electron chi connectivity index (χ2n) is 21.1. The Kier molecular flexibility index (Phi) is 26.4. The number of aliphatic hydroxyl groups is 7. The van der Waals surface area contributed by atoms with Gasteiger partial charge >= 0.3 is 0 Å². The molecule has 1 aromatic carbocycles. The Morgan fingerprint density at radius 2 is 1.35 bits per heavy atom. The van der Waals surface area contributed by atoms with E-state index in [0.717, 1.165) is 55.2 Å². The van der Waals surface area contributed by atoms with Gasteiger partial charge < -0.3 is 93.4 Å². The fraction of sp³-hybridized carbons (Fsp3) is 0.750. The fourth-order valence-electron chi connectivity index (χ4n) is 10.1. The molecule has 0 aliphatic carbocycles. The maximum absolute atomic E-state index is 14.6. The number of phenolic OH excluding ortho intramolecular Hbond substituents is 1. The van der Waals surface area contributed by atoms with E-state index in [4.69, 9.17) is 16.2 Å². The number of hydrogen-bond acceptors (Lipinski definition) is 18. The SMILES string of the molecule is CCC(C)CC(C)CCCCCCCCC(=O)N[C@@H]1C[C@@H](O)[C@@H](OCCN)NC(=O)[C@@H]2[C@@H](O)CCN2C(=O)[C@H]([C@@H](O)CCN)NC(=O)[C@H]([C@H](O)[C@@H](O)c2ccc(O)cc2)NC(=O)[C@@H]2C[C@@H](O)CN2C(=O)[C@H]([C@H](C)O)NC1=O. The number of ether oxygens (including phenoxy) is 1. The van der Waals surface area contributed by atoms with Crippen LogP contribution in [0.25, 0.3) is 0 Å². The number of nitrogens with one attached hydrogen (secondary N) is 5. The van der Waals surface area contributed by atoms with Gasteiger partial charge in [0, 0.05) is 38.9 Å². The normalized spacial score (nSPS) is 28.6. The zero-order chi connectivity index (χ0) is 57.1. The second-order valence-corrected chi connectivity index (χ2v) is 21.1. The number of carbonyl (C=O) groups is 7. The van der Waals surface area contributed by atoms with Crippen LogP contribution in [0.3, 0.4) is 0 Å². The minimum Gasteiger partial charge on any atom is -0.508 e. The van der Waals surface area contributed by atoms with Crippen LogP contribution >= 0.6 is 0 Å². The quantitative estimate of drug-likeness (QED) is 0.0489. The smallest absolute Gasteiger partial charge is 0.248 e. The van der Waals surface area contributed by atoms with Crippen molar-refractivity contribution in [2.24, 2.45) is 23.3 Å². The van der Waals surface area contributed by atoms with Crippen molar-refractivity contribution in [2.75, 3.05) is 32.8 Å². The van der Waals surface area contributed by atoms with Gasteiger partial charge in [0.1, 0.15) is 60.3 Å². The first-order chi connectivity index (χ1) is 36.5. The largest absolute Gasteiger partial charge is 0.508 e. The monoisotopic (exact) mass is 1090 g/mol. The molecule has 0 radical (unpaired) electrons. The first-order valence-corrected chi connectivity index (χ1v) is 27.2. The Morgan fingerprint density at radius 3 is 1.99 bits per heavy atom. The number of aliphatic hydroxyl groups excluding tert-OH is 7. The van der Waals surface area contributed by atoms with E-state index in [2.05, 4.69) is 47.4 Å². The summed E-state index contributed by atoms with van der Waals surface area (Å²) in [5.74, 6) is -6.60. The van der Waals surface area contributed by atoms with Crippen LogP contribution in [-0.2, 0) is 38.3 Å². The number of nitrogens with two attached hydrogens (primary N) is 2. The van der Waals surface area contributed by atoms with Crippen molar-refractivity contribution in [1.29, 1.82) is 0 Å². The highest BCUT2D eigenvalue weighted by atomic mass is 16.5. The van der Waals surface area contributed by atoms with Gasteiger partial charge in [-0.1, -0.05) is 77.8 Å². The number of fused-ring (bicyclic) bond motifs is 2. The number of unbranched alkanes of at least 4 members (excludes halogenated alkanes) is 5. The maximum atomic E-state index is 14.6. The summed E-state index contributed by atoms with van der Waals surface area (Å²) < 4.78 is 5.73. The van der Waals surface area contributed by atoms with Gasteiger partial charge in [-0.05, 0) is 68.7 Å². The summed E-state index contributed by atoms with van der Waals surface area (Å²) in [6, 6.07) is -6.54. The molecule has 77 heavy (non-hydrogen) atoms. The van der Waals surface area contributed by atoms with Crippen molar-refractivity contribution in [3.05, 3.63) is 29.8 Å². The van der Waals surface area contributed by atoms with E-state index in [-0.39, 0.29) is 56.8 Å². The first-order valence-electron chi connectivity index (χ1n) is 27.2. The fourth-order valence-corrected chi connectivity index (χ4v) is 10.1. The van der Waals surface area contributed by atoms with Crippen LogP contribution in [0.15, 0.2) is 24.3 Å². The molecule has 3 heterocycles. The second kappa shape index (κ2) is 31.5. The van der Waals surface area contributed by atoms with Crippen LogP contribution in [0.4, 0.5) is 0 Å². The lowest BCUT2D eigenvalue weighted by molar-refractivity contribution is -0.149. The Bertz CT molecular complexity index is 2070. The average molecular weight is 1090 g/mol. The van der Waals surface area contributed by atoms with Crippen molar-refractivity contribution in [2.45, 2.75) is 203 Å². The van der Waals surface area contributed by atoms with Gasteiger partial charge in [-0.2, -0.15) is 0 Å². The summed E-state index contributed by atoms with van der Waals surface area (Å²) >= 11 is 0. The highest BCUT2D eigenvalue weighted by molar-refractivity contribution is 5.98. The van der Waals surface area contributed by atoms with Crippen molar-refractivity contribution >= 4 is 41.4 Å². The number of aromatic hydroxyl groups is 1. The van der Waals surface area contributed by atoms with Gasteiger partial charge in [-0.15, -0.1) is 0 Å². The van der Waals surface area contributed by atoms with E-state index in [9.17, 15) is 74.4 Å². The summed E-state index contributed by atoms with van der Waals surface area (Å²) in [6.07, 6.45) is -7.55. The molecule has 3 fully saturated rings. The lowest BCUT2D eigenvalue weighted by Gasteiger charge is -2.35. The molecule has 2 unspecified atom stereocenters. The molecule has 0 bridgehead atoms. The molecular formula is C52H87N9O16. The molecule has 25 nitrogen and oxygen atoms in total. The van der Waals surface area contributed by atoms with Crippen LogP contribution in [0, 0.1) is 11.8 Å². The number of phenols is 1. The number of benzene rings is 1. The molecule has 0 saturated carbocycles. The Balaban J connectivity index is 1.73. The third-order valence-corrected chi connectivity index (χ3v) is 14.8. The molecule has 3 aliphatic heterocycles. The van der Waals surface area contributed by atoms with E-state index < -0.39 is 146 Å². The number of hydrogen-bond donors (Lipinski definition) is 15. The predicted octanol–water partition coefficient (Wildman–Crippen LogP) is -2.88. The zero-order valence-electron chi connectivity index (χ0n) is 44.9. The van der Waals surface area contributed by atoms with Crippen LogP contribution in [-0.4, -0.2) is 204 Å². The molecule has 4 rings (SSSR count). The molecule has 16 atom stereocenters. The van der Waals surface area contributed by atoms with Gasteiger partial charge in [0.05, 0.1) is 31.0 Å². The maximum Gasteiger partial charge on any atom is 0.248 e. The molecule has 17 N–H and O–H groups in total. The van der Waals surface area contributed by atoms with E-state index in [1.165, 1.54) is 30.7 Å². The van der Waals surface area contributed by atoms with Crippen LogP contribution in [0.2, 0.25) is 0 Å². The van der Waals surface area contributed by atoms with Crippen LogP contribution < -0.4 is 38.1 Å². The van der Waals surface area contributed by atoms with Gasteiger partial charge in [-0.25, -0.2) is 0 Å². The summed E-state index contributed by atoms with van der Waals surface area (Å²) in [5, 5.41) is 101. The van der Waals surface area contributed by atoms with E-state index in [1.54, 1.807) is 0 Å². The highest BCUT2D eigenvalue weighted by Crippen LogP contribution is 2.27. The molecule has 0 spiro atoms. The average Bonchev–Trinajstić information content (AvgIpc) is 3.99. The van der Waals surface area contributed by atoms with Crippen molar-refractivity contribution in [3.63, 3.8) is 0 Å². The summed E-state index contributed by atoms with van der Waals surface area (Å²) in [4.78, 5) is 102. The molecular weight excluding hydrogens is 1010 g/mol. The highest BCUT2D eigenvalue weighted by Gasteiger charge is 2.49. The van der Waals surface area contributed by atoms with Crippen molar-refractivity contribution < 1.29 is 79.2 Å². The Morgan fingerprint density at radius 1 is 0.727 bits per heavy atom. The van der Waals surface area contributed by atoms with Crippen LogP contribution in [0.5, 0.6) is 5.75 Å². The molecule has 1 aromatic rings. The molecule has 436 valence electrons. The first kappa shape index (κ1) is 64.4. The number of nitrogens with zero attached hydrogens (tertiary/aromatic N) is 2. The van der Waals surface area contributed by atoms with Crippen molar-refractivity contribution in [3.8, 4) is 5.75 Å². The molecule has 0 aromatic heterocycles. The Labute approximate surface area is 450 Å². The Hall–Kier alpha value is -5.09. The summed E-state index contributed by atoms with van der Waals surface area (Å²) in [6.45, 7) is 6.32. The van der Waals surface area contributed by atoms with Gasteiger partial charge in [-0.3, -0.25) is 33.6 Å². The lowest BCUT2D eigenvalue weighted by Crippen LogP contribution is -2.64. The number of rotatable bonds is 23. The van der Waals surface area contributed by atoms with Gasteiger partial charge in [0.15, 0.2) is 6.23 Å². The van der Waals surface area contributed by atoms with E-state index in [0.29, 0.717) is 24.7 Å². The van der Waals surface area contributed by atoms with Gasteiger partial charge in [0.25, 0.3) is 0 Å². The molecule has 3 saturated heterocycles. The summed E-state index contributed by atoms with van der Waals surface area (Å²) in [7, 11) is 0. The number of carbonyl (C=O) groups excluding carboxylic acids is 7. The predicted molar refractivity (Wildman–Crippen MR) is 278 cm³/mol.